The second-order valence-corrected chi connectivity index (χ2v) is 4.94. The number of carboxylic acid groups (broad SMARTS) is 1. The molecule has 6 heteroatoms. The summed E-state index contributed by atoms with van der Waals surface area (Å²) < 4.78 is 4.92. The molecule has 2 amide bonds. The summed E-state index contributed by atoms with van der Waals surface area (Å²) in [6.07, 6.45) is 0. The number of ether oxygens (including phenoxy) is 1. The molecule has 0 aliphatic rings. The number of carboxylic acids is 1. The van der Waals surface area contributed by atoms with Crippen LogP contribution in [-0.4, -0.2) is 55.9 Å². The summed E-state index contributed by atoms with van der Waals surface area (Å²) in [6, 6.07) is 5.40. The number of carbonyl (C=O) groups excluding carboxylic acids is 1. The Balaban J connectivity index is 2.92. The Hall–Kier alpha value is -2.08. The van der Waals surface area contributed by atoms with E-state index in [0.29, 0.717) is 6.61 Å². The molecule has 0 unspecified atom stereocenters. The van der Waals surface area contributed by atoms with Gasteiger partial charge in [-0.05, 0) is 25.5 Å². The maximum atomic E-state index is 12.5. The molecule has 0 saturated heterocycles. The number of aryl methyl sites for hydroxylation is 2. The van der Waals surface area contributed by atoms with Crippen molar-refractivity contribution in [3.05, 3.63) is 29.3 Å². The summed E-state index contributed by atoms with van der Waals surface area (Å²) >= 11 is 0. The summed E-state index contributed by atoms with van der Waals surface area (Å²) in [5.41, 5.74) is 2.84. The van der Waals surface area contributed by atoms with Crippen LogP contribution in [-0.2, 0) is 9.53 Å². The molecule has 116 valence electrons. The number of rotatable bonds is 6. The van der Waals surface area contributed by atoms with Gasteiger partial charge in [0.25, 0.3) is 0 Å². The Labute approximate surface area is 124 Å². The largest absolute Gasteiger partial charge is 0.480 e. The monoisotopic (exact) mass is 294 g/mol. The lowest BCUT2D eigenvalue weighted by Crippen LogP contribution is -2.45. The predicted molar refractivity (Wildman–Crippen MR) is 80.8 cm³/mol. The summed E-state index contributed by atoms with van der Waals surface area (Å²) in [5, 5.41) is 8.92. The molecule has 0 aliphatic carbocycles. The van der Waals surface area contributed by atoms with Gasteiger partial charge in [-0.1, -0.05) is 17.7 Å². The van der Waals surface area contributed by atoms with Crippen LogP contribution in [0.3, 0.4) is 0 Å². The molecule has 0 atom stereocenters. The van der Waals surface area contributed by atoms with Crippen LogP contribution in [0, 0.1) is 13.8 Å². The highest BCUT2D eigenvalue weighted by Gasteiger charge is 2.22. The van der Waals surface area contributed by atoms with Gasteiger partial charge >= 0.3 is 12.0 Å². The first-order chi connectivity index (χ1) is 9.86. The summed E-state index contributed by atoms with van der Waals surface area (Å²) in [4.78, 5) is 26.1. The molecule has 0 radical (unpaired) electrons. The van der Waals surface area contributed by atoms with Gasteiger partial charge < -0.3 is 14.7 Å². The molecule has 1 N–H and O–H groups in total. The van der Waals surface area contributed by atoms with Crippen LogP contribution >= 0.6 is 0 Å². The van der Waals surface area contributed by atoms with E-state index in [-0.39, 0.29) is 19.1 Å². The van der Waals surface area contributed by atoms with E-state index >= 15 is 0 Å². The van der Waals surface area contributed by atoms with Crippen LogP contribution in [0.4, 0.5) is 10.5 Å². The van der Waals surface area contributed by atoms with Crippen molar-refractivity contribution in [2.45, 2.75) is 13.8 Å². The smallest absolute Gasteiger partial charge is 0.324 e. The lowest BCUT2D eigenvalue weighted by Gasteiger charge is -2.28. The van der Waals surface area contributed by atoms with E-state index in [1.807, 2.05) is 32.0 Å². The average Bonchev–Trinajstić information content (AvgIpc) is 2.41. The highest BCUT2D eigenvalue weighted by atomic mass is 16.5. The first kappa shape index (κ1) is 17.0. The number of amides is 2. The SMILES string of the molecule is COCCN(CC(=O)O)C(=O)N(C)c1ccc(C)cc1C. The Bertz CT molecular complexity index is 516. The molecule has 0 aromatic heterocycles. The Kier molecular flexibility index (Phi) is 6.17. The zero-order chi connectivity index (χ0) is 16.0. The molecular weight excluding hydrogens is 272 g/mol. The van der Waals surface area contributed by atoms with E-state index in [1.54, 1.807) is 7.05 Å². The summed E-state index contributed by atoms with van der Waals surface area (Å²) in [5.74, 6) is -1.05. The van der Waals surface area contributed by atoms with Gasteiger partial charge in [-0.25, -0.2) is 4.79 Å². The van der Waals surface area contributed by atoms with Crippen LogP contribution in [0.25, 0.3) is 0 Å². The van der Waals surface area contributed by atoms with Gasteiger partial charge in [-0.3, -0.25) is 9.69 Å². The second-order valence-electron chi connectivity index (χ2n) is 4.94. The molecule has 0 fully saturated rings. The highest BCUT2D eigenvalue weighted by molar-refractivity contribution is 5.93. The maximum Gasteiger partial charge on any atom is 0.324 e. The zero-order valence-corrected chi connectivity index (χ0v) is 12.9. The molecule has 1 aromatic rings. The minimum Gasteiger partial charge on any atom is -0.480 e. The van der Waals surface area contributed by atoms with E-state index in [4.69, 9.17) is 9.84 Å². The van der Waals surface area contributed by atoms with Gasteiger partial charge in [0.2, 0.25) is 0 Å². The third kappa shape index (κ3) is 4.75. The standard InChI is InChI=1S/C15H22N2O4/c1-11-5-6-13(12(2)9-11)16(3)15(20)17(7-8-21-4)10-14(18)19/h5-6,9H,7-8,10H2,1-4H3,(H,18,19). The number of hydrogen-bond donors (Lipinski definition) is 1. The van der Waals surface area contributed by atoms with E-state index in [9.17, 15) is 9.59 Å². The predicted octanol–water partition coefficient (Wildman–Crippen LogP) is 1.89. The lowest BCUT2D eigenvalue weighted by molar-refractivity contribution is -0.137. The van der Waals surface area contributed by atoms with Crippen molar-refractivity contribution in [1.29, 1.82) is 0 Å². The number of aliphatic carboxylic acids is 1. The van der Waals surface area contributed by atoms with Crippen LogP contribution in [0.1, 0.15) is 11.1 Å². The fourth-order valence-electron chi connectivity index (χ4n) is 2.10. The Morgan fingerprint density at radius 3 is 2.48 bits per heavy atom. The van der Waals surface area contributed by atoms with Crippen LogP contribution in [0.5, 0.6) is 0 Å². The fraction of sp³-hybridized carbons (Fsp3) is 0.467. The maximum absolute atomic E-state index is 12.5. The van der Waals surface area contributed by atoms with Crippen LogP contribution in [0.2, 0.25) is 0 Å². The molecule has 0 saturated carbocycles. The van der Waals surface area contributed by atoms with E-state index < -0.39 is 5.97 Å². The number of benzene rings is 1. The van der Waals surface area contributed by atoms with Crippen LogP contribution < -0.4 is 4.90 Å². The molecule has 6 nitrogen and oxygen atoms in total. The second kappa shape index (κ2) is 7.64. The van der Waals surface area contributed by atoms with Gasteiger partial charge in [0.1, 0.15) is 6.54 Å². The number of nitrogens with zero attached hydrogens (tertiary/aromatic N) is 2. The van der Waals surface area contributed by atoms with Crippen molar-refractivity contribution in [3.63, 3.8) is 0 Å². The van der Waals surface area contributed by atoms with E-state index in [2.05, 4.69) is 0 Å². The third-order valence-electron chi connectivity index (χ3n) is 3.16. The minimum absolute atomic E-state index is 0.233. The van der Waals surface area contributed by atoms with Crippen molar-refractivity contribution in [1.82, 2.24) is 4.90 Å². The van der Waals surface area contributed by atoms with Crippen molar-refractivity contribution in [3.8, 4) is 0 Å². The van der Waals surface area contributed by atoms with Crippen molar-refractivity contribution in [2.75, 3.05) is 38.8 Å². The molecular formula is C15H22N2O4. The number of anilines is 1. The van der Waals surface area contributed by atoms with E-state index in [0.717, 1.165) is 16.8 Å². The van der Waals surface area contributed by atoms with Gasteiger partial charge in [-0.15, -0.1) is 0 Å². The fourth-order valence-corrected chi connectivity index (χ4v) is 2.10. The first-order valence-electron chi connectivity index (χ1n) is 6.67. The third-order valence-corrected chi connectivity index (χ3v) is 3.16. The van der Waals surface area contributed by atoms with Gasteiger partial charge in [0.05, 0.1) is 6.61 Å². The van der Waals surface area contributed by atoms with E-state index in [1.165, 1.54) is 16.9 Å². The van der Waals surface area contributed by atoms with Crippen molar-refractivity contribution in [2.24, 2.45) is 0 Å². The lowest BCUT2D eigenvalue weighted by atomic mass is 10.1. The highest BCUT2D eigenvalue weighted by Crippen LogP contribution is 2.21. The molecule has 0 aliphatic heterocycles. The number of hydrogen-bond acceptors (Lipinski definition) is 3. The molecule has 21 heavy (non-hydrogen) atoms. The first-order valence-corrected chi connectivity index (χ1v) is 6.67. The number of carbonyl (C=O) groups is 2. The quantitative estimate of drug-likeness (QED) is 0.870. The van der Waals surface area contributed by atoms with Gasteiger partial charge in [-0.2, -0.15) is 0 Å². The van der Waals surface area contributed by atoms with Crippen molar-refractivity contribution < 1.29 is 19.4 Å². The number of urea groups is 1. The zero-order valence-electron chi connectivity index (χ0n) is 12.9. The normalized spacial score (nSPS) is 10.3. The summed E-state index contributed by atoms with van der Waals surface area (Å²) in [6.45, 7) is 4.07. The molecule has 0 spiro atoms. The molecule has 1 aromatic carbocycles. The Morgan fingerprint density at radius 1 is 1.29 bits per heavy atom. The minimum atomic E-state index is -1.05. The Morgan fingerprint density at radius 2 is 1.95 bits per heavy atom. The topological polar surface area (TPSA) is 70.1 Å². The molecule has 0 heterocycles. The molecule has 1 rings (SSSR count). The van der Waals surface area contributed by atoms with Gasteiger partial charge in [0, 0.05) is 26.4 Å². The average molecular weight is 294 g/mol. The summed E-state index contributed by atoms with van der Waals surface area (Å²) in [7, 11) is 3.15. The van der Waals surface area contributed by atoms with Gasteiger partial charge in [0.15, 0.2) is 0 Å². The van der Waals surface area contributed by atoms with Crippen molar-refractivity contribution >= 4 is 17.7 Å². The number of methoxy groups -OCH3 is 1. The van der Waals surface area contributed by atoms with Crippen LogP contribution in [0.15, 0.2) is 18.2 Å². The molecule has 0 bridgehead atoms.